The molecule has 0 amide bonds. The largest absolute Gasteiger partial charge is 0.489 e. The van der Waals surface area contributed by atoms with Crippen LogP contribution in [0, 0.1) is 6.92 Å². The summed E-state index contributed by atoms with van der Waals surface area (Å²) in [5.74, 6) is 1.05. The predicted molar refractivity (Wildman–Crippen MR) is 78.4 cm³/mol. The summed E-state index contributed by atoms with van der Waals surface area (Å²) >= 11 is 0. The lowest BCUT2D eigenvalue weighted by molar-refractivity contribution is 0.225. The zero-order chi connectivity index (χ0) is 13.2. The van der Waals surface area contributed by atoms with Gasteiger partial charge in [-0.1, -0.05) is 48.0 Å². The Hall–Kier alpha value is -1.80. The maximum absolute atomic E-state index is 6.09. The first-order valence-corrected chi connectivity index (χ1v) is 6.83. The Morgan fingerprint density at radius 3 is 2.84 bits per heavy atom. The molecule has 0 fully saturated rings. The highest BCUT2D eigenvalue weighted by molar-refractivity contribution is 5.73. The molecule has 98 valence electrons. The third-order valence-corrected chi connectivity index (χ3v) is 3.65. The van der Waals surface area contributed by atoms with Crippen molar-refractivity contribution in [2.75, 3.05) is 6.54 Å². The minimum atomic E-state index is 0.242. The minimum absolute atomic E-state index is 0.242. The first kappa shape index (κ1) is 12.2. The monoisotopic (exact) mass is 253 g/mol. The average Bonchev–Trinajstić information content (AvgIpc) is 2.81. The molecule has 0 aromatic heterocycles. The van der Waals surface area contributed by atoms with Gasteiger partial charge in [0.15, 0.2) is 0 Å². The van der Waals surface area contributed by atoms with Gasteiger partial charge < -0.3 is 10.5 Å². The van der Waals surface area contributed by atoms with Crippen LogP contribution in [0.5, 0.6) is 5.75 Å². The summed E-state index contributed by atoms with van der Waals surface area (Å²) < 4.78 is 6.09. The van der Waals surface area contributed by atoms with Crippen LogP contribution in [0.4, 0.5) is 0 Å². The molecule has 0 unspecified atom stereocenters. The number of hydrogen-bond acceptors (Lipinski definition) is 2. The van der Waals surface area contributed by atoms with E-state index in [4.69, 9.17) is 10.5 Å². The second-order valence-electron chi connectivity index (χ2n) is 5.18. The summed E-state index contributed by atoms with van der Waals surface area (Å²) in [6.45, 7) is 2.79. The first-order valence-electron chi connectivity index (χ1n) is 6.83. The number of hydrogen-bond donors (Lipinski definition) is 1. The summed E-state index contributed by atoms with van der Waals surface area (Å²) in [5, 5.41) is 0. The van der Waals surface area contributed by atoms with Crippen LogP contribution in [-0.2, 0) is 6.42 Å². The lowest BCUT2D eigenvalue weighted by atomic mass is 9.99. The van der Waals surface area contributed by atoms with Crippen molar-refractivity contribution in [3.63, 3.8) is 0 Å². The van der Waals surface area contributed by atoms with Crippen molar-refractivity contribution in [1.29, 1.82) is 0 Å². The van der Waals surface area contributed by atoms with Gasteiger partial charge in [-0.3, -0.25) is 0 Å². The fraction of sp³-hybridized carbons (Fsp3) is 0.294. The molecule has 3 rings (SSSR count). The zero-order valence-corrected chi connectivity index (χ0v) is 11.2. The van der Waals surface area contributed by atoms with E-state index in [0.717, 1.165) is 18.6 Å². The van der Waals surface area contributed by atoms with Crippen molar-refractivity contribution in [3.05, 3.63) is 53.6 Å². The van der Waals surface area contributed by atoms with Crippen molar-refractivity contribution >= 4 is 0 Å². The van der Waals surface area contributed by atoms with Crippen LogP contribution >= 0.6 is 0 Å². The highest BCUT2D eigenvalue weighted by atomic mass is 16.5. The Morgan fingerprint density at radius 1 is 1.21 bits per heavy atom. The van der Waals surface area contributed by atoms with Gasteiger partial charge in [0.25, 0.3) is 0 Å². The van der Waals surface area contributed by atoms with Gasteiger partial charge in [0, 0.05) is 12.0 Å². The lowest BCUT2D eigenvalue weighted by Crippen LogP contribution is -2.17. The molecule has 1 atom stereocenters. The smallest absolute Gasteiger partial charge is 0.130 e. The zero-order valence-electron chi connectivity index (χ0n) is 11.2. The molecule has 0 bridgehead atoms. The van der Waals surface area contributed by atoms with Gasteiger partial charge in [-0.25, -0.2) is 0 Å². The van der Waals surface area contributed by atoms with E-state index in [1.165, 1.54) is 22.3 Å². The molecule has 1 aliphatic rings. The van der Waals surface area contributed by atoms with Crippen molar-refractivity contribution in [2.24, 2.45) is 5.73 Å². The number of aryl methyl sites for hydroxylation is 1. The number of fused-ring (bicyclic) bond motifs is 1. The lowest BCUT2D eigenvalue weighted by Gasteiger charge is -2.12. The summed E-state index contributed by atoms with van der Waals surface area (Å²) in [6.07, 6.45) is 2.14. The fourth-order valence-corrected chi connectivity index (χ4v) is 2.73. The first-order chi connectivity index (χ1) is 9.28. The van der Waals surface area contributed by atoms with Crippen molar-refractivity contribution < 1.29 is 4.74 Å². The number of benzene rings is 2. The Morgan fingerprint density at radius 2 is 2.05 bits per heavy atom. The maximum Gasteiger partial charge on any atom is 0.130 e. The third-order valence-electron chi connectivity index (χ3n) is 3.65. The van der Waals surface area contributed by atoms with Gasteiger partial charge in [0.2, 0.25) is 0 Å². The van der Waals surface area contributed by atoms with Gasteiger partial charge in [-0.2, -0.15) is 0 Å². The molecule has 1 aliphatic heterocycles. The quantitative estimate of drug-likeness (QED) is 0.910. The van der Waals surface area contributed by atoms with Gasteiger partial charge >= 0.3 is 0 Å². The van der Waals surface area contributed by atoms with E-state index in [0.29, 0.717) is 6.54 Å². The number of nitrogens with two attached hydrogens (primary N) is 1. The molecule has 1 heterocycles. The predicted octanol–water partition coefficient (Wildman–Crippen LogP) is 3.31. The molecule has 2 aromatic carbocycles. The normalized spacial score (nSPS) is 17.1. The minimum Gasteiger partial charge on any atom is -0.489 e. The molecule has 2 nitrogen and oxygen atoms in total. The maximum atomic E-state index is 6.09. The molecular formula is C17H19NO. The van der Waals surface area contributed by atoms with Crippen LogP contribution in [0.15, 0.2) is 42.5 Å². The van der Waals surface area contributed by atoms with Crippen LogP contribution in [0.3, 0.4) is 0 Å². The van der Waals surface area contributed by atoms with Crippen molar-refractivity contribution in [3.8, 4) is 16.9 Å². The third kappa shape index (κ3) is 2.36. The van der Waals surface area contributed by atoms with Gasteiger partial charge in [-0.15, -0.1) is 0 Å². The van der Waals surface area contributed by atoms with E-state index in [-0.39, 0.29) is 6.10 Å². The van der Waals surface area contributed by atoms with E-state index < -0.39 is 0 Å². The second-order valence-corrected chi connectivity index (χ2v) is 5.18. The number of para-hydroxylation sites is 1. The SMILES string of the molecule is Cc1cccc(-c2cccc3c2O[C@H](CCN)C3)c1. The number of rotatable bonds is 3. The Balaban J connectivity index is 2.00. The molecule has 2 N–H and O–H groups in total. The standard InChI is InChI=1S/C17H19NO/c1-12-4-2-5-13(10-12)16-7-3-6-14-11-15(8-9-18)19-17(14)16/h2-7,10,15H,8-9,11,18H2,1H3/t15-/m1/s1. The average molecular weight is 253 g/mol. The Labute approximate surface area is 114 Å². The molecule has 0 spiro atoms. The van der Waals surface area contributed by atoms with Crippen LogP contribution in [0.2, 0.25) is 0 Å². The molecule has 0 saturated heterocycles. The number of ether oxygens (including phenoxy) is 1. The summed E-state index contributed by atoms with van der Waals surface area (Å²) in [6, 6.07) is 15.0. The molecule has 2 aromatic rings. The van der Waals surface area contributed by atoms with E-state index in [9.17, 15) is 0 Å². The van der Waals surface area contributed by atoms with E-state index in [1.54, 1.807) is 0 Å². The summed E-state index contributed by atoms with van der Waals surface area (Å²) in [4.78, 5) is 0. The molecule has 0 aliphatic carbocycles. The van der Waals surface area contributed by atoms with Crippen molar-refractivity contribution in [2.45, 2.75) is 25.9 Å². The van der Waals surface area contributed by atoms with E-state index >= 15 is 0 Å². The van der Waals surface area contributed by atoms with Crippen LogP contribution in [-0.4, -0.2) is 12.6 Å². The molecule has 2 heteroatoms. The van der Waals surface area contributed by atoms with Crippen LogP contribution < -0.4 is 10.5 Å². The Kier molecular flexibility index (Phi) is 3.26. The highest BCUT2D eigenvalue weighted by Gasteiger charge is 2.24. The second kappa shape index (κ2) is 5.06. The van der Waals surface area contributed by atoms with Gasteiger partial charge in [-0.05, 0) is 31.0 Å². The molecule has 0 radical (unpaired) electrons. The van der Waals surface area contributed by atoms with E-state index in [2.05, 4.69) is 49.4 Å². The van der Waals surface area contributed by atoms with Crippen molar-refractivity contribution in [1.82, 2.24) is 0 Å². The summed E-state index contributed by atoms with van der Waals surface area (Å²) in [7, 11) is 0. The highest BCUT2D eigenvalue weighted by Crippen LogP contribution is 2.39. The van der Waals surface area contributed by atoms with Crippen LogP contribution in [0.1, 0.15) is 17.5 Å². The topological polar surface area (TPSA) is 35.2 Å². The Bertz CT molecular complexity index is 592. The molecular weight excluding hydrogens is 234 g/mol. The van der Waals surface area contributed by atoms with Gasteiger partial charge in [0.05, 0.1) is 0 Å². The fourth-order valence-electron chi connectivity index (χ4n) is 2.73. The van der Waals surface area contributed by atoms with Gasteiger partial charge in [0.1, 0.15) is 11.9 Å². The molecule has 19 heavy (non-hydrogen) atoms. The summed E-state index contributed by atoms with van der Waals surface area (Å²) in [5.41, 5.74) is 10.6. The molecule has 0 saturated carbocycles. The van der Waals surface area contributed by atoms with E-state index in [1.807, 2.05) is 0 Å². The van der Waals surface area contributed by atoms with Crippen LogP contribution in [0.25, 0.3) is 11.1 Å².